The zero-order valence-corrected chi connectivity index (χ0v) is 13.2. The maximum absolute atomic E-state index is 11.9. The maximum atomic E-state index is 11.9. The van der Waals surface area contributed by atoms with Crippen molar-refractivity contribution in [3.05, 3.63) is 42.0 Å². The van der Waals surface area contributed by atoms with E-state index in [9.17, 15) is 4.79 Å². The van der Waals surface area contributed by atoms with E-state index in [1.54, 1.807) is 0 Å². The standard InChI is InChI=1S/C19H26O2/c1-3-15(2)13-16-9-11-17(12-10-16)14-19(20)21-18-7-5-4-6-8-18/h4-8,11,15-16H,3,9-10,12-14H2,1-2H3. The minimum absolute atomic E-state index is 0.146. The largest absolute Gasteiger partial charge is 0.426 e. The van der Waals surface area contributed by atoms with Crippen LogP contribution in [0.1, 0.15) is 52.4 Å². The Hall–Kier alpha value is -1.57. The fraction of sp³-hybridized carbons (Fsp3) is 0.526. The number of benzene rings is 1. The van der Waals surface area contributed by atoms with Crippen molar-refractivity contribution in [2.45, 2.75) is 52.4 Å². The third-order valence-corrected chi connectivity index (χ3v) is 4.39. The maximum Gasteiger partial charge on any atom is 0.315 e. The Bertz CT molecular complexity index is 476. The first-order chi connectivity index (χ1) is 10.2. The Morgan fingerprint density at radius 2 is 2.10 bits per heavy atom. The number of rotatable bonds is 6. The average Bonchev–Trinajstić information content (AvgIpc) is 2.50. The van der Waals surface area contributed by atoms with Crippen molar-refractivity contribution >= 4 is 5.97 Å². The smallest absolute Gasteiger partial charge is 0.315 e. The summed E-state index contributed by atoms with van der Waals surface area (Å²) in [6, 6.07) is 9.30. The first-order valence-corrected chi connectivity index (χ1v) is 8.11. The summed E-state index contributed by atoms with van der Waals surface area (Å²) in [7, 11) is 0. The van der Waals surface area contributed by atoms with Crippen LogP contribution in [0, 0.1) is 11.8 Å². The molecule has 1 aliphatic carbocycles. The summed E-state index contributed by atoms with van der Waals surface area (Å²) in [5, 5.41) is 0. The molecule has 2 nitrogen and oxygen atoms in total. The van der Waals surface area contributed by atoms with Gasteiger partial charge in [-0.1, -0.05) is 50.1 Å². The van der Waals surface area contributed by atoms with E-state index >= 15 is 0 Å². The van der Waals surface area contributed by atoms with E-state index in [0.717, 1.165) is 24.7 Å². The molecule has 2 unspecified atom stereocenters. The van der Waals surface area contributed by atoms with E-state index < -0.39 is 0 Å². The lowest BCUT2D eigenvalue weighted by atomic mass is 9.82. The summed E-state index contributed by atoms with van der Waals surface area (Å²) in [6.45, 7) is 4.59. The molecule has 0 aliphatic heterocycles. The molecule has 1 aliphatic rings. The Morgan fingerprint density at radius 1 is 1.33 bits per heavy atom. The number of hydrogen-bond donors (Lipinski definition) is 0. The van der Waals surface area contributed by atoms with Gasteiger partial charge in [0.1, 0.15) is 5.75 Å². The van der Waals surface area contributed by atoms with Crippen LogP contribution in [0.3, 0.4) is 0 Å². The number of allylic oxidation sites excluding steroid dienone is 1. The van der Waals surface area contributed by atoms with Gasteiger partial charge in [-0.15, -0.1) is 0 Å². The number of para-hydroxylation sites is 1. The second-order valence-corrected chi connectivity index (χ2v) is 6.22. The normalized spacial score (nSPS) is 19.7. The molecule has 0 N–H and O–H groups in total. The quantitative estimate of drug-likeness (QED) is 0.411. The van der Waals surface area contributed by atoms with Crippen molar-refractivity contribution < 1.29 is 9.53 Å². The van der Waals surface area contributed by atoms with E-state index in [1.807, 2.05) is 30.3 Å². The summed E-state index contributed by atoms with van der Waals surface area (Å²) >= 11 is 0. The Morgan fingerprint density at radius 3 is 2.71 bits per heavy atom. The minimum atomic E-state index is -0.146. The molecule has 0 amide bonds. The molecule has 0 saturated heterocycles. The third-order valence-electron chi connectivity index (χ3n) is 4.39. The molecule has 0 radical (unpaired) electrons. The van der Waals surface area contributed by atoms with Gasteiger partial charge >= 0.3 is 5.97 Å². The van der Waals surface area contributed by atoms with E-state index in [0.29, 0.717) is 12.2 Å². The van der Waals surface area contributed by atoms with Crippen molar-refractivity contribution in [2.24, 2.45) is 11.8 Å². The van der Waals surface area contributed by atoms with E-state index in [-0.39, 0.29) is 5.97 Å². The lowest BCUT2D eigenvalue weighted by Gasteiger charge is -2.24. The summed E-state index contributed by atoms with van der Waals surface area (Å²) in [6.07, 6.45) is 8.66. The first kappa shape index (κ1) is 15.8. The van der Waals surface area contributed by atoms with Crippen molar-refractivity contribution in [3.8, 4) is 5.75 Å². The molecule has 1 aromatic rings. The number of esters is 1. The Balaban J connectivity index is 1.78. The van der Waals surface area contributed by atoms with Crippen molar-refractivity contribution in [1.82, 2.24) is 0 Å². The molecule has 114 valence electrons. The van der Waals surface area contributed by atoms with Gasteiger partial charge in [0.25, 0.3) is 0 Å². The SMILES string of the molecule is CCC(C)CC1CC=C(CC(=O)Oc2ccccc2)CC1. The topological polar surface area (TPSA) is 26.3 Å². The molecule has 0 heterocycles. The Kier molecular flexibility index (Phi) is 6.04. The minimum Gasteiger partial charge on any atom is -0.426 e. The number of ether oxygens (including phenoxy) is 1. The molecule has 0 saturated carbocycles. The van der Waals surface area contributed by atoms with Crippen LogP contribution in [0.5, 0.6) is 5.75 Å². The van der Waals surface area contributed by atoms with Gasteiger partial charge in [-0.25, -0.2) is 0 Å². The van der Waals surface area contributed by atoms with Crippen molar-refractivity contribution in [2.75, 3.05) is 0 Å². The van der Waals surface area contributed by atoms with E-state index in [4.69, 9.17) is 4.74 Å². The van der Waals surface area contributed by atoms with Crippen LogP contribution in [-0.2, 0) is 4.79 Å². The van der Waals surface area contributed by atoms with Crippen LogP contribution >= 0.6 is 0 Å². The first-order valence-electron chi connectivity index (χ1n) is 8.11. The van der Waals surface area contributed by atoms with Gasteiger partial charge < -0.3 is 4.74 Å². The molecule has 2 heteroatoms. The lowest BCUT2D eigenvalue weighted by molar-refractivity contribution is -0.133. The van der Waals surface area contributed by atoms with Crippen LogP contribution in [0.2, 0.25) is 0 Å². The molecular weight excluding hydrogens is 260 g/mol. The van der Waals surface area contributed by atoms with Crippen LogP contribution in [0.15, 0.2) is 42.0 Å². The highest BCUT2D eigenvalue weighted by Gasteiger charge is 2.18. The molecule has 0 fully saturated rings. The fourth-order valence-electron chi connectivity index (χ4n) is 2.89. The molecule has 1 aromatic carbocycles. The zero-order chi connectivity index (χ0) is 15.1. The molecule has 0 aromatic heterocycles. The van der Waals surface area contributed by atoms with Crippen LogP contribution in [0.25, 0.3) is 0 Å². The highest BCUT2D eigenvalue weighted by Crippen LogP contribution is 2.30. The van der Waals surface area contributed by atoms with Gasteiger partial charge in [0.2, 0.25) is 0 Å². The molecule has 2 rings (SSSR count). The Labute approximate surface area is 128 Å². The molecule has 2 atom stereocenters. The van der Waals surface area contributed by atoms with Crippen molar-refractivity contribution in [1.29, 1.82) is 0 Å². The predicted octanol–water partition coefficient (Wildman–Crippen LogP) is 5.14. The van der Waals surface area contributed by atoms with Crippen LogP contribution in [-0.4, -0.2) is 5.97 Å². The van der Waals surface area contributed by atoms with Gasteiger partial charge in [0.15, 0.2) is 0 Å². The number of carbonyl (C=O) groups excluding carboxylic acids is 1. The monoisotopic (exact) mass is 286 g/mol. The second kappa shape index (κ2) is 8.02. The molecule has 21 heavy (non-hydrogen) atoms. The highest BCUT2D eigenvalue weighted by atomic mass is 16.5. The summed E-state index contributed by atoms with van der Waals surface area (Å²) in [5.41, 5.74) is 1.25. The van der Waals surface area contributed by atoms with Gasteiger partial charge in [-0.05, 0) is 49.7 Å². The molecular formula is C19H26O2. The predicted molar refractivity (Wildman–Crippen MR) is 86.2 cm³/mol. The van der Waals surface area contributed by atoms with Crippen LogP contribution < -0.4 is 4.74 Å². The molecule has 0 spiro atoms. The van der Waals surface area contributed by atoms with Crippen molar-refractivity contribution in [3.63, 3.8) is 0 Å². The average molecular weight is 286 g/mol. The highest BCUT2D eigenvalue weighted by molar-refractivity contribution is 5.75. The number of carbonyl (C=O) groups is 1. The van der Waals surface area contributed by atoms with Crippen LogP contribution in [0.4, 0.5) is 0 Å². The van der Waals surface area contributed by atoms with E-state index in [2.05, 4.69) is 19.9 Å². The van der Waals surface area contributed by atoms with E-state index in [1.165, 1.54) is 24.8 Å². The van der Waals surface area contributed by atoms with Gasteiger partial charge in [-0.3, -0.25) is 4.79 Å². The molecule has 0 bridgehead atoms. The van der Waals surface area contributed by atoms with Gasteiger partial charge in [0, 0.05) is 0 Å². The summed E-state index contributed by atoms with van der Waals surface area (Å²) < 4.78 is 5.35. The zero-order valence-electron chi connectivity index (χ0n) is 13.2. The van der Waals surface area contributed by atoms with Gasteiger partial charge in [0.05, 0.1) is 6.42 Å². The third kappa shape index (κ3) is 5.37. The lowest BCUT2D eigenvalue weighted by Crippen LogP contribution is -2.14. The van der Waals surface area contributed by atoms with Gasteiger partial charge in [-0.2, -0.15) is 0 Å². The fourth-order valence-corrected chi connectivity index (χ4v) is 2.89. The number of hydrogen-bond acceptors (Lipinski definition) is 2. The summed E-state index contributed by atoms with van der Waals surface area (Å²) in [4.78, 5) is 11.9. The second-order valence-electron chi connectivity index (χ2n) is 6.22. The summed E-state index contributed by atoms with van der Waals surface area (Å²) in [5.74, 6) is 2.10.